The zero-order valence-corrected chi connectivity index (χ0v) is 21.2. The summed E-state index contributed by atoms with van der Waals surface area (Å²) in [7, 11) is 0. The van der Waals surface area contributed by atoms with Crippen molar-refractivity contribution in [2.45, 2.75) is 13.1 Å². The summed E-state index contributed by atoms with van der Waals surface area (Å²) in [5.41, 5.74) is 3.57. The third-order valence-electron chi connectivity index (χ3n) is 4.71. The number of aromatic nitrogens is 5. The number of hydroxylamine groups is 1. The van der Waals surface area contributed by atoms with Crippen LogP contribution in [0.4, 0.5) is 26.4 Å². The molecule has 0 radical (unpaired) electrons. The molecule has 16 heteroatoms. The second kappa shape index (κ2) is 12.2. The number of benzene rings is 2. The Morgan fingerprint density at radius 3 is 2.78 bits per heavy atom. The number of hydrogen-bond donors (Lipinski definition) is 5. The molecule has 0 spiro atoms. The van der Waals surface area contributed by atoms with Crippen molar-refractivity contribution in [1.29, 1.82) is 0 Å². The van der Waals surface area contributed by atoms with Crippen LogP contribution in [0.5, 0.6) is 0 Å². The van der Waals surface area contributed by atoms with Crippen LogP contribution in [0, 0.1) is 5.82 Å². The van der Waals surface area contributed by atoms with E-state index >= 15 is 0 Å². The number of aliphatic imine (C=N–C) groups is 1. The van der Waals surface area contributed by atoms with Crippen LogP contribution in [0.3, 0.4) is 0 Å². The molecule has 0 saturated heterocycles. The second-order valence-electron chi connectivity index (χ2n) is 7.35. The number of amidine groups is 1. The quantitative estimate of drug-likeness (QED) is 0.110. The maximum absolute atomic E-state index is 13.5. The molecule has 2 heterocycles. The molecule has 13 nitrogen and oxygen atoms in total. The summed E-state index contributed by atoms with van der Waals surface area (Å²) in [6.45, 7) is 0.904. The molecule has 0 bridgehead atoms. The molecule has 0 aliphatic carbocycles. The molecule has 2 aromatic carbocycles. The van der Waals surface area contributed by atoms with Crippen LogP contribution in [0.1, 0.15) is 11.4 Å². The Hall–Kier alpha value is -4.08. The van der Waals surface area contributed by atoms with E-state index in [4.69, 9.17) is 16.2 Å². The molecular weight excluding hydrogens is 575 g/mol. The summed E-state index contributed by atoms with van der Waals surface area (Å²) < 4.78 is 20.0. The van der Waals surface area contributed by atoms with Gasteiger partial charge in [-0.1, -0.05) is 16.8 Å². The normalized spacial score (nSPS) is 11.3. The fourth-order valence-corrected chi connectivity index (χ4v) is 3.46. The van der Waals surface area contributed by atoms with E-state index in [1.165, 1.54) is 18.2 Å². The van der Waals surface area contributed by atoms with Crippen LogP contribution in [0.25, 0.3) is 0 Å². The Morgan fingerprint density at radius 2 is 2.03 bits per heavy atom. The minimum atomic E-state index is -0.448. The van der Waals surface area contributed by atoms with Crippen LogP contribution in [0.2, 0.25) is 5.02 Å². The van der Waals surface area contributed by atoms with Crippen molar-refractivity contribution in [1.82, 2.24) is 36.1 Å². The highest BCUT2D eigenvalue weighted by Crippen LogP contribution is 2.23. The van der Waals surface area contributed by atoms with E-state index in [0.717, 1.165) is 0 Å². The van der Waals surface area contributed by atoms with Gasteiger partial charge in [0, 0.05) is 17.3 Å². The maximum Gasteiger partial charge on any atom is 0.319 e. The first kappa shape index (κ1) is 26.0. The van der Waals surface area contributed by atoms with Gasteiger partial charge in [-0.3, -0.25) is 15.4 Å². The van der Waals surface area contributed by atoms with E-state index in [2.05, 4.69) is 57.5 Å². The molecule has 2 amide bonds. The third kappa shape index (κ3) is 7.22. The Morgan fingerprint density at radius 1 is 1.22 bits per heavy atom. The van der Waals surface area contributed by atoms with E-state index < -0.39 is 11.8 Å². The summed E-state index contributed by atoms with van der Waals surface area (Å²) in [5.74, 6) is -0.299. The molecule has 0 aliphatic rings. The number of nitrogens with one attached hydrogen (secondary N) is 4. The van der Waals surface area contributed by atoms with Crippen LogP contribution in [-0.4, -0.2) is 48.9 Å². The van der Waals surface area contributed by atoms with Gasteiger partial charge in [0.25, 0.3) is 0 Å². The molecule has 0 saturated carbocycles. The first-order valence-electron chi connectivity index (χ1n) is 10.6. The molecule has 0 fully saturated rings. The standard InChI is InChI=1S/C21H19BrClFN10O3/c22-16-9-14(5-6-17(16)24)27-20(30-36)18-19(32-37-31-18)25-7-8-34-11-15(29-33-34)10-26-21(35)28-13-3-1-12(23)2-4-13/h1-6,9,11,36H,7-8,10H2,(H,25,32)(H,27,30)(H2,26,28,35). The van der Waals surface area contributed by atoms with Gasteiger partial charge in [0.15, 0.2) is 11.5 Å². The smallest absolute Gasteiger partial charge is 0.319 e. The first-order valence-corrected chi connectivity index (χ1v) is 11.8. The van der Waals surface area contributed by atoms with Crippen molar-refractivity contribution >= 4 is 56.6 Å². The van der Waals surface area contributed by atoms with E-state index in [9.17, 15) is 14.4 Å². The van der Waals surface area contributed by atoms with Crippen molar-refractivity contribution in [3.63, 3.8) is 0 Å². The number of carbonyl (C=O) groups is 1. The Balaban J connectivity index is 1.28. The van der Waals surface area contributed by atoms with E-state index in [1.54, 1.807) is 35.1 Å². The molecule has 0 unspecified atom stereocenters. The lowest BCUT2D eigenvalue weighted by molar-refractivity contribution is 0.234. The Kier molecular flexibility index (Phi) is 8.60. The monoisotopic (exact) mass is 592 g/mol. The Bertz CT molecular complexity index is 1400. The largest absolute Gasteiger partial charge is 0.363 e. The minimum absolute atomic E-state index is 0.0618. The number of amides is 2. The molecule has 0 aliphatic heterocycles. The lowest BCUT2D eigenvalue weighted by Gasteiger charge is -2.06. The SMILES string of the molecule is O=C(NCc1cn(CCNc2nonc2C(=Nc2ccc(F)c(Br)c2)NO)nn1)Nc1ccc(Cl)cc1. The van der Waals surface area contributed by atoms with Gasteiger partial charge < -0.3 is 16.0 Å². The molecule has 4 aromatic rings. The number of rotatable bonds is 9. The van der Waals surface area contributed by atoms with Gasteiger partial charge in [-0.2, -0.15) is 0 Å². The maximum atomic E-state index is 13.5. The second-order valence-corrected chi connectivity index (χ2v) is 8.64. The Labute approximate surface area is 222 Å². The lowest BCUT2D eigenvalue weighted by atomic mass is 10.3. The number of nitrogens with zero attached hydrogens (tertiary/aromatic N) is 6. The molecule has 4 rings (SSSR count). The van der Waals surface area contributed by atoms with Gasteiger partial charge in [-0.05, 0) is 68.7 Å². The molecular formula is C21H19BrClFN10O3. The zero-order chi connectivity index (χ0) is 26.2. The van der Waals surface area contributed by atoms with Gasteiger partial charge in [0.2, 0.25) is 5.82 Å². The van der Waals surface area contributed by atoms with Crippen LogP contribution in [0.15, 0.2) is 62.8 Å². The number of hydrogen-bond acceptors (Lipinski definition) is 9. The van der Waals surface area contributed by atoms with Crippen molar-refractivity contribution in [3.8, 4) is 0 Å². The predicted octanol–water partition coefficient (Wildman–Crippen LogP) is 3.71. The van der Waals surface area contributed by atoms with Crippen LogP contribution in [-0.2, 0) is 13.1 Å². The van der Waals surface area contributed by atoms with Gasteiger partial charge >= 0.3 is 6.03 Å². The molecule has 37 heavy (non-hydrogen) atoms. The lowest BCUT2D eigenvalue weighted by Crippen LogP contribution is -2.28. The average molecular weight is 594 g/mol. The highest BCUT2D eigenvalue weighted by Gasteiger charge is 2.17. The van der Waals surface area contributed by atoms with Gasteiger partial charge in [-0.25, -0.2) is 18.8 Å². The summed E-state index contributed by atoms with van der Waals surface area (Å²) >= 11 is 8.92. The van der Waals surface area contributed by atoms with Crippen LogP contribution >= 0.6 is 27.5 Å². The summed E-state index contributed by atoms with van der Waals surface area (Å²) in [6, 6.07) is 10.4. The molecule has 192 valence electrons. The number of halogens is 3. The minimum Gasteiger partial charge on any atom is -0.363 e. The highest BCUT2D eigenvalue weighted by atomic mass is 79.9. The van der Waals surface area contributed by atoms with Gasteiger partial charge in [0.05, 0.1) is 29.4 Å². The van der Waals surface area contributed by atoms with Crippen molar-refractivity contribution in [3.05, 3.63) is 75.4 Å². The topological polar surface area (TPSA) is 167 Å². The summed E-state index contributed by atoms with van der Waals surface area (Å²) in [5, 5.41) is 34.1. The molecule has 5 N–H and O–H groups in total. The molecule has 2 aromatic heterocycles. The summed E-state index contributed by atoms with van der Waals surface area (Å²) in [6.07, 6.45) is 1.68. The van der Waals surface area contributed by atoms with E-state index in [0.29, 0.717) is 35.2 Å². The number of anilines is 2. The summed E-state index contributed by atoms with van der Waals surface area (Å²) in [4.78, 5) is 16.2. The average Bonchev–Trinajstić information content (AvgIpc) is 3.54. The first-order chi connectivity index (χ1) is 17.9. The van der Waals surface area contributed by atoms with Gasteiger partial charge in [0.1, 0.15) is 11.5 Å². The van der Waals surface area contributed by atoms with E-state index in [1.807, 2.05) is 5.48 Å². The van der Waals surface area contributed by atoms with Crippen molar-refractivity contribution < 1.29 is 19.0 Å². The number of carbonyl (C=O) groups excluding carboxylic acids is 1. The zero-order valence-electron chi connectivity index (χ0n) is 18.8. The van der Waals surface area contributed by atoms with E-state index in [-0.39, 0.29) is 28.4 Å². The molecule has 0 atom stereocenters. The van der Waals surface area contributed by atoms with Crippen LogP contribution < -0.4 is 21.4 Å². The predicted molar refractivity (Wildman–Crippen MR) is 135 cm³/mol. The number of urea groups is 1. The fourth-order valence-electron chi connectivity index (χ4n) is 2.97. The van der Waals surface area contributed by atoms with Gasteiger partial charge in [-0.15, -0.1) is 5.10 Å². The highest BCUT2D eigenvalue weighted by molar-refractivity contribution is 9.10. The fraction of sp³-hybridized carbons (Fsp3) is 0.143. The van der Waals surface area contributed by atoms with Crippen molar-refractivity contribution in [2.75, 3.05) is 17.2 Å². The third-order valence-corrected chi connectivity index (χ3v) is 5.57. The van der Waals surface area contributed by atoms with Crippen molar-refractivity contribution in [2.24, 2.45) is 4.99 Å².